The summed E-state index contributed by atoms with van der Waals surface area (Å²) in [6.07, 6.45) is -0.0966. The van der Waals surface area contributed by atoms with Gasteiger partial charge in [0.15, 0.2) is 0 Å². The first kappa shape index (κ1) is 19.0. The molecule has 1 unspecified atom stereocenters. The number of urea groups is 1. The molecule has 0 saturated heterocycles. The van der Waals surface area contributed by atoms with E-state index in [1.54, 1.807) is 0 Å². The number of aryl methyl sites for hydroxylation is 1. The summed E-state index contributed by atoms with van der Waals surface area (Å²) in [4.78, 5) is 11.8. The Morgan fingerprint density at radius 3 is 2.56 bits per heavy atom. The molecule has 0 spiro atoms. The van der Waals surface area contributed by atoms with E-state index in [0.29, 0.717) is 19.5 Å². The van der Waals surface area contributed by atoms with Crippen LogP contribution in [0.15, 0.2) is 48.5 Å². The molecule has 25 heavy (non-hydrogen) atoms. The largest absolute Gasteiger partial charge is 0.391 e. The number of aliphatic hydroxyl groups excluding tert-OH is 1. The highest BCUT2D eigenvalue weighted by molar-refractivity contribution is 5.74. The second kappa shape index (κ2) is 9.81. The summed E-state index contributed by atoms with van der Waals surface area (Å²) in [5.74, 6) is 0. The van der Waals surface area contributed by atoms with Gasteiger partial charge in [-0.1, -0.05) is 48.0 Å². The number of nitrogens with one attached hydrogen (secondary N) is 2. The Balaban J connectivity index is 1.83. The SMILES string of the molecule is COCC(O)CCNC(=O)NCc1cccc(-c2cccc(C)c2)c1. The molecule has 0 bridgehead atoms. The summed E-state index contributed by atoms with van der Waals surface area (Å²) < 4.78 is 4.84. The molecule has 2 rings (SSSR count). The lowest BCUT2D eigenvalue weighted by Crippen LogP contribution is -2.36. The van der Waals surface area contributed by atoms with Crippen molar-refractivity contribution < 1.29 is 14.6 Å². The molecule has 3 N–H and O–H groups in total. The van der Waals surface area contributed by atoms with Gasteiger partial charge >= 0.3 is 6.03 Å². The van der Waals surface area contributed by atoms with Gasteiger partial charge in [-0.15, -0.1) is 0 Å². The van der Waals surface area contributed by atoms with Crippen molar-refractivity contribution in [3.05, 3.63) is 59.7 Å². The summed E-state index contributed by atoms with van der Waals surface area (Å²) in [6, 6.07) is 16.2. The van der Waals surface area contributed by atoms with Gasteiger partial charge in [-0.05, 0) is 36.1 Å². The number of aliphatic hydroxyl groups is 1. The molecule has 0 aliphatic heterocycles. The Hall–Kier alpha value is -2.37. The Kier molecular flexibility index (Phi) is 7.44. The zero-order valence-electron chi connectivity index (χ0n) is 14.8. The number of hydrogen-bond acceptors (Lipinski definition) is 3. The maximum Gasteiger partial charge on any atom is 0.315 e. The van der Waals surface area contributed by atoms with Crippen LogP contribution in [0.25, 0.3) is 11.1 Å². The Morgan fingerprint density at radius 2 is 1.84 bits per heavy atom. The number of carbonyl (C=O) groups excluding carboxylic acids is 1. The first-order valence-corrected chi connectivity index (χ1v) is 8.43. The van der Waals surface area contributed by atoms with E-state index in [-0.39, 0.29) is 12.6 Å². The third-order valence-corrected chi connectivity index (χ3v) is 3.85. The van der Waals surface area contributed by atoms with E-state index >= 15 is 0 Å². The average Bonchev–Trinajstić information content (AvgIpc) is 2.60. The Morgan fingerprint density at radius 1 is 1.12 bits per heavy atom. The van der Waals surface area contributed by atoms with Crippen molar-refractivity contribution in [1.29, 1.82) is 0 Å². The zero-order chi connectivity index (χ0) is 18.1. The second-order valence-electron chi connectivity index (χ2n) is 6.08. The second-order valence-corrected chi connectivity index (χ2v) is 6.08. The molecule has 5 heteroatoms. The monoisotopic (exact) mass is 342 g/mol. The number of rotatable bonds is 8. The van der Waals surface area contributed by atoms with E-state index in [1.165, 1.54) is 18.2 Å². The van der Waals surface area contributed by atoms with E-state index in [4.69, 9.17) is 4.74 Å². The summed E-state index contributed by atoms with van der Waals surface area (Å²) in [6.45, 7) is 3.20. The molecular formula is C20H26N2O3. The molecule has 0 heterocycles. The summed E-state index contributed by atoms with van der Waals surface area (Å²) in [5, 5.41) is 15.1. The summed E-state index contributed by atoms with van der Waals surface area (Å²) in [5.41, 5.74) is 4.55. The van der Waals surface area contributed by atoms with Crippen LogP contribution in [-0.4, -0.2) is 37.5 Å². The molecule has 5 nitrogen and oxygen atoms in total. The van der Waals surface area contributed by atoms with Crippen molar-refractivity contribution in [1.82, 2.24) is 10.6 Å². The number of carbonyl (C=O) groups is 1. The molecule has 134 valence electrons. The van der Waals surface area contributed by atoms with Crippen LogP contribution in [-0.2, 0) is 11.3 Å². The first-order chi connectivity index (χ1) is 12.1. The fourth-order valence-electron chi connectivity index (χ4n) is 2.56. The lowest BCUT2D eigenvalue weighted by molar-refractivity contribution is 0.0598. The van der Waals surface area contributed by atoms with Gasteiger partial charge in [0.1, 0.15) is 0 Å². The van der Waals surface area contributed by atoms with Crippen molar-refractivity contribution in [2.45, 2.75) is 26.0 Å². The van der Waals surface area contributed by atoms with Gasteiger partial charge in [0.25, 0.3) is 0 Å². The van der Waals surface area contributed by atoms with Gasteiger partial charge in [0, 0.05) is 20.2 Å². The van der Waals surface area contributed by atoms with Crippen LogP contribution >= 0.6 is 0 Å². The third kappa shape index (κ3) is 6.57. The zero-order valence-corrected chi connectivity index (χ0v) is 14.8. The van der Waals surface area contributed by atoms with Crippen molar-refractivity contribution in [2.75, 3.05) is 20.3 Å². The van der Waals surface area contributed by atoms with E-state index in [2.05, 4.69) is 47.9 Å². The Bertz CT molecular complexity index is 688. The van der Waals surface area contributed by atoms with Crippen LogP contribution < -0.4 is 10.6 Å². The van der Waals surface area contributed by atoms with Crippen molar-refractivity contribution >= 4 is 6.03 Å². The number of ether oxygens (including phenoxy) is 1. The molecule has 1 atom stereocenters. The highest BCUT2D eigenvalue weighted by Crippen LogP contribution is 2.21. The van der Waals surface area contributed by atoms with Crippen LogP contribution in [0.5, 0.6) is 0 Å². The van der Waals surface area contributed by atoms with Crippen LogP contribution in [0.3, 0.4) is 0 Å². The fourth-order valence-corrected chi connectivity index (χ4v) is 2.56. The number of hydrogen-bond donors (Lipinski definition) is 3. The Labute approximate surface area is 149 Å². The third-order valence-electron chi connectivity index (χ3n) is 3.85. The molecule has 0 fully saturated rings. The number of amides is 2. The summed E-state index contributed by atoms with van der Waals surface area (Å²) in [7, 11) is 1.54. The predicted octanol–water partition coefficient (Wildman–Crippen LogP) is 2.86. The maximum atomic E-state index is 11.8. The standard InChI is InChI=1S/C20H26N2O3/c1-15-5-3-7-17(11-15)18-8-4-6-16(12-18)13-22-20(24)21-10-9-19(23)14-25-2/h3-8,11-12,19,23H,9-10,13-14H2,1-2H3,(H2,21,22,24). The molecule has 2 aromatic carbocycles. The van der Waals surface area contributed by atoms with Crippen LogP contribution in [0.4, 0.5) is 4.79 Å². The van der Waals surface area contributed by atoms with Crippen LogP contribution in [0, 0.1) is 6.92 Å². The van der Waals surface area contributed by atoms with Gasteiger partial charge in [-0.3, -0.25) is 0 Å². The van der Waals surface area contributed by atoms with E-state index in [0.717, 1.165) is 11.1 Å². The summed E-state index contributed by atoms with van der Waals surface area (Å²) >= 11 is 0. The van der Waals surface area contributed by atoms with Gasteiger partial charge in [-0.25, -0.2) is 4.79 Å². The minimum absolute atomic E-state index is 0.245. The van der Waals surface area contributed by atoms with Gasteiger partial charge in [0.05, 0.1) is 12.7 Å². The number of methoxy groups -OCH3 is 1. The molecule has 0 radical (unpaired) electrons. The predicted molar refractivity (Wildman–Crippen MR) is 99.4 cm³/mol. The molecule has 2 aromatic rings. The first-order valence-electron chi connectivity index (χ1n) is 8.43. The van der Waals surface area contributed by atoms with Crippen LogP contribution in [0.2, 0.25) is 0 Å². The number of benzene rings is 2. The molecule has 2 amide bonds. The van der Waals surface area contributed by atoms with Crippen molar-refractivity contribution in [3.8, 4) is 11.1 Å². The van der Waals surface area contributed by atoms with E-state index in [1.807, 2.05) is 18.2 Å². The van der Waals surface area contributed by atoms with Crippen molar-refractivity contribution in [3.63, 3.8) is 0 Å². The smallest absolute Gasteiger partial charge is 0.315 e. The maximum absolute atomic E-state index is 11.8. The highest BCUT2D eigenvalue weighted by Gasteiger charge is 2.05. The normalized spacial score (nSPS) is 11.8. The minimum atomic E-state index is -0.559. The van der Waals surface area contributed by atoms with Gasteiger partial charge in [-0.2, -0.15) is 0 Å². The topological polar surface area (TPSA) is 70.6 Å². The van der Waals surface area contributed by atoms with Crippen LogP contribution in [0.1, 0.15) is 17.5 Å². The quantitative estimate of drug-likeness (QED) is 0.691. The average molecular weight is 342 g/mol. The molecule has 0 aromatic heterocycles. The molecule has 0 aliphatic rings. The lowest BCUT2D eigenvalue weighted by Gasteiger charge is -2.11. The van der Waals surface area contributed by atoms with Gasteiger partial charge in [0.2, 0.25) is 0 Å². The van der Waals surface area contributed by atoms with Gasteiger partial charge < -0.3 is 20.5 Å². The lowest BCUT2D eigenvalue weighted by atomic mass is 10.0. The fraction of sp³-hybridized carbons (Fsp3) is 0.350. The van der Waals surface area contributed by atoms with E-state index in [9.17, 15) is 9.90 Å². The molecule has 0 aliphatic carbocycles. The minimum Gasteiger partial charge on any atom is -0.391 e. The van der Waals surface area contributed by atoms with E-state index < -0.39 is 6.10 Å². The van der Waals surface area contributed by atoms with Crippen molar-refractivity contribution in [2.24, 2.45) is 0 Å². The molecule has 0 saturated carbocycles. The highest BCUT2D eigenvalue weighted by atomic mass is 16.5. The molecular weight excluding hydrogens is 316 g/mol.